The van der Waals surface area contributed by atoms with Crippen molar-refractivity contribution < 1.29 is 9.47 Å². The van der Waals surface area contributed by atoms with Crippen molar-refractivity contribution in [3.63, 3.8) is 0 Å². The van der Waals surface area contributed by atoms with Gasteiger partial charge in [-0.05, 0) is 44.5 Å². The van der Waals surface area contributed by atoms with E-state index in [1.807, 2.05) is 12.1 Å². The molecule has 102 valence electrons. The summed E-state index contributed by atoms with van der Waals surface area (Å²) in [5.41, 5.74) is 8.92. The third kappa shape index (κ3) is 4.24. The lowest BCUT2D eigenvalue weighted by Crippen LogP contribution is -2.05. The summed E-state index contributed by atoms with van der Waals surface area (Å²) in [4.78, 5) is 0. The van der Waals surface area contributed by atoms with Gasteiger partial charge < -0.3 is 15.2 Å². The fourth-order valence-corrected chi connectivity index (χ4v) is 1.76. The Labute approximate surface area is 115 Å². The molecule has 18 heavy (non-hydrogen) atoms. The number of allylic oxidation sites excluding steroid dienone is 1. The highest BCUT2D eigenvalue weighted by Gasteiger charge is 2.09. The van der Waals surface area contributed by atoms with E-state index in [-0.39, 0.29) is 12.4 Å². The molecule has 0 amide bonds. The van der Waals surface area contributed by atoms with E-state index >= 15 is 0 Å². The maximum Gasteiger partial charge on any atom is 0.126 e. The van der Waals surface area contributed by atoms with Crippen molar-refractivity contribution in [1.82, 2.24) is 0 Å². The Kier molecular flexibility index (Phi) is 7.48. The third-order valence-corrected chi connectivity index (χ3v) is 2.49. The van der Waals surface area contributed by atoms with Gasteiger partial charge in [-0.25, -0.2) is 0 Å². The van der Waals surface area contributed by atoms with Gasteiger partial charge in [-0.1, -0.05) is 11.6 Å². The zero-order chi connectivity index (χ0) is 12.8. The number of methoxy groups -OCH3 is 2. The molecule has 0 spiro atoms. The van der Waals surface area contributed by atoms with E-state index in [0.29, 0.717) is 6.54 Å². The van der Waals surface area contributed by atoms with Crippen molar-refractivity contribution in [3.05, 3.63) is 28.8 Å². The van der Waals surface area contributed by atoms with Crippen LogP contribution in [0.25, 0.3) is 6.08 Å². The van der Waals surface area contributed by atoms with Crippen molar-refractivity contribution in [2.24, 2.45) is 5.73 Å². The Balaban J connectivity index is 0.00000289. The van der Waals surface area contributed by atoms with Crippen LogP contribution in [0.15, 0.2) is 17.7 Å². The number of hydrogen-bond donors (Lipinski definition) is 1. The minimum Gasteiger partial charge on any atom is -0.496 e. The number of rotatable bonds is 5. The highest BCUT2D eigenvalue weighted by atomic mass is 35.5. The molecule has 0 unspecified atom stereocenters. The normalized spacial score (nSPS) is 9.39. The highest BCUT2D eigenvalue weighted by Crippen LogP contribution is 2.30. The second-order valence-corrected chi connectivity index (χ2v) is 4.17. The summed E-state index contributed by atoms with van der Waals surface area (Å²) in [5.74, 6) is 1.72. The predicted octanol–water partition coefficient (Wildman–Crippen LogP) is 3.05. The molecule has 0 aliphatic heterocycles. The van der Waals surface area contributed by atoms with Crippen LogP contribution in [0, 0.1) is 0 Å². The molecular formula is C14H22ClNO2. The zero-order valence-electron chi connectivity index (χ0n) is 11.4. The summed E-state index contributed by atoms with van der Waals surface area (Å²) in [6, 6.07) is 4.00. The number of nitrogens with two attached hydrogens (primary N) is 1. The molecule has 0 heterocycles. The molecule has 0 atom stereocenters. The smallest absolute Gasteiger partial charge is 0.126 e. The van der Waals surface area contributed by atoms with Gasteiger partial charge in [-0.3, -0.25) is 0 Å². The van der Waals surface area contributed by atoms with Crippen molar-refractivity contribution in [2.75, 3.05) is 20.8 Å². The molecule has 3 nitrogen and oxygen atoms in total. The first-order valence-electron chi connectivity index (χ1n) is 5.72. The summed E-state index contributed by atoms with van der Waals surface area (Å²) in [7, 11) is 3.35. The maximum absolute atomic E-state index is 5.59. The molecular weight excluding hydrogens is 250 g/mol. The van der Waals surface area contributed by atoms with Crippen molar-refractivity contribution in [3.8, 4) is 11.5 Å². The van der Waals surface area contributed by atoms with Gasteiger partial charge in [0.15, 0.2) is 0 Å². The first kappa shape index (κ1) is 16.8. The Bertz CT molecular complexity index is 413. The topological polar surface area (TPSA) is 44.5 Å². The molecule has 0 saturated carbocycles. The average Bonchev–Trinajstić information content (AvgIpc) is 2.30. The van der Waals surface area contributed by atoms with Crippen LogP contribution in [0.1, 0.15) is 25.0 Å². The molecule has 0 saturated heterocycles. The fraction of sp³-hybridized carbons (Fsp3) is 0.429. The largest absolute Gasteiger partial charge is 0.496 e. The van der Waals surface area contributed by atoms with E-state index in [2.05, 4.69) is 19.9 Å². The number of benzene rings is 1. The lowest BCUT2D eigenvalue weighted by Gasteiger charge is -2.13. The van der Waals surface area contributed by atoms with Crippen LogP contribution in [0.2, 0.25) is 0 Å². The third-order valence-electron chi connectivity index (χ3n) is 2.49. The van der Waals surface area contributed by atoms with Gasteiger partial charge in [0.2, 0.25) is 0 Å². The molecule has 0 bridgehead atoms. The van der Waals surface area contributed by atoms with E-state index in [1.165, 1.54) is 5.57 Å². The highest BCUT2D eigenvalue weighted by molar-refractivity contribution is 5.85. The lowest BCUT2D eigenvalue weighted by atomic mass is 10.0. The van der Waals surface area contributed by atoms with E-state index in [1.54, 1.807) is 14.2 Å². The monoisotopic (exact) mass is 271 g/mol. The Hall–Kier alpha value is -1.19. The van der Waals surface area contributed by atoms with Gasteiger partial charge in [-0.2, -0.15) is 0 Å². The van der Waals surface area contributed by atoms with Gasteiger partial charge in [0.25, 0.3) is 0 Å². The fourth-order valence-electron chi connectivity index (χ4n) is 1.76. The quantitative estimate of drug-likeness (QED) is 0.895. The molecule has 0 aliphatic carbocycles. The van der Waals surface area contributed by atoms with E-state index in [4.69, 9.17) is 15.2 Å². The molecule has 4 heteroatoms. The minimum atomic E-state index is 0. The molecule has 1 rings (SSSR count). The summed E-state index contributed by atoms with van der Waals surface area (Å²) in [6.45, 7) is 4.71. The van der Waals surface area contributed by atoms with E-state index < -0.39 is 0 Å². The van der Waals surface area contributed by atoms with Gasteiger partial charge in [0.05, 0.1) is 14.2 Å². The van der Waals surface area contributed by atoms with Crippen LogP contribution in [-0.2, 0) is 6.42 Å². The van der Waals surface area contributed by atoms with Gasteiger partial charge in [0, 0.05) is 5.56 Å². The van der Waals surface area contributed by atoms with E-state index in [0.717, 1.165) is 29.0 Å². The Morgan fingerprint density at radius 2 is 1.78 bits per heavy atom. The SMILES string of the molecule is COc1cc(CCN)c(OC)cc1C=C(C)C.Cl. The first-order chi connectivity index (χ1) is 8.12. The van der Waals surface area contributed by atoms with Crippen LogP contribution in [-0.4, -0.2) is 20.8 Å². The molecule has 0 fully saturated rings. The maximum atomic E-state index is 5.59. The van der Waals surface area contributed by atoms with Gasteiger partial charge in [0.1, 0.15) is 11.5 Å². The Morgan fingerprint density at radius 1 is 1.17 bits per heavy atom. The number of hydrogen-bond acceptors (Lipinski definition) is 3. The van der Waals surface area contributed by atoms with Crippen molar-refractivity contribution in [1.29, 1.82) is 0 Å². The summed E-state index contributed by atoms with van der Waals surface area (Å²) in [6.07, 6.45) is 2.86. The Morgan fingerprint density at radius 3 is 2.22 bits per heavy atom. The summed E-state index contributed by atoms with van der Waals surface area (Å²) < 4.78 is 10.8. The van der Waals surface area contributed by atoms with Crippen LogP contribution < -0.4 is 15.2 Å². The first-order valence-corrected chi connectivity index (χ1v) is 5.72. The van der Waals surface area contributed by atoms with Gasteiger partial charge >= 0.3 is 0 Å². The lowest BCUT2D eigenvalue weighted by molar-refractivity contribution is 0.398. The predicted molar refractivity (Wildman–Crippen MR) is 78.9 cm³/mol. The molecule has 2 N–H and O–H groups in total. The van der Waals surface area contributed by atoms with Crippen LogP contribution in [0.4, 0.5) is 0 Å². The minimum absolute atomic E-state index is 0. The second-order valence-electron chi connectivity index (χ2n) is 4.17. The van der Waals surface area contributed by atoms with Gasteiger partial charge in [-0.15, -0.1) is 12.4 Å². The second kappa shape index (κ2) is 8.01. The summed E-state index contributed by atoms with van der Waals surface area (Å²) >= 11 is 0. The average molecular weight is 272 g/mol. The molecule has 0 radical (unpaired) electrons. The number of ether oxygens (including phenoxy) is 2. The summed E-state index contributed by atoms with van der Waals surface area (Å²) in [5, 5.41) is 0. The standard InChI is InChI=1S/C14H21NO2.ClH/c1-10(2)7-12-9-13(16-3)11(5-6-15)8-14(12)17-4;/h7-9H,5-6,15H2,1-4H3;1H. The molecule has 1 aromatic rings. The van der Waals surface area contributed by atoms with Crippen molar-refractivity contribution in [2.45, 2.75) is 20.3 Å². The van der Waals surface area contributed by atoms with Crippen LogP contribution >= 0.6 is 12.4 Å². The van der Waals surface area contributed by atoms with E-state index in [9.17, 15) is 0 Å². The molecule has 0 aromatic heterocycles. The van der Waals surface area contributed by atoms with Crippen molar-refractivity contribution >= 4 is 18.5 Å². The molecule has 1 aromatic carbocycles. The molecule has 0 aliphatic rings. The zero-order valence-corrected chi connectivity index (χ0v) is 12.3. The number of halogens is 1. The van der Waals surface area contributed by atoms with Crippen LogP contribution in [0.3, 0.4) is 0 Å². The van der Waals surface area contributed by atoms with Crippen LogP contribution in [0.5, 0.6) is 11.5 Å².